The number of nitrogens with two attached hydrogens (primary N) is 1. The van der Waals surface area contributed by atoms with E-state index in [0.717, 1.165) is 25.7 Å². The second-order valence-electron chi connectivity index (χ2n) is 5.15. The summed E-state index contributed by atoms with van der Waals surface area (Å²) in [6.07, 6.45) is 6.34. The summed E-state index contributed by atoms with van der Waals surface area (Å²) in [6.45, 7) is 1.95. The van der Waals surface area contributed by atoms with Crippen LogP contribution in [0.4, 0.5) is 0 Å². The summed E-state index contributed by atoms with van der Waals surface area (Å²) in [4.78, 5) is 0. The highest BCUT2D eigenvalue weighted by molar-refractivity contribution is 7.89. The first-order valence-corrected chi connectivity index (χ1v) is 8.29. The molecule has 0 unspecified atom stereocenters. The highest BCUT2D eigenvalue weighted by atomic mass is 32.2. The van der Waals surface area contributed by atoms with Gasteiger partial charge in [-0.3, -0.25) is 5.10 Å². The number of rotatable bonds is 4. The molecule has 0 radical (unpaired) electrons. The standard InChI is InChI=1S/C12H22N4O2S/c1-9-11(8-13)12(15-14-9)19(17,18)16-10-6-4-2-3-5-7-10/h10,16H,2-8,13H2,1H3,(H,14,15). The predicted octanol–water partition coefficient (Wildman–Crippen LogP) is 1.18. The number of hydrogen-bond donors (Lipinski definition) is 3. The second kappa shape index (κ2) is 6.02. The average Bonchev–Trinajstić information content (AvgIpc) is 2.57. The van der Waals surface area contributed by atoms with Crippen LogP contribution in [-0.4, -0.2) is 24.7 Å². The van der Waals surface area contributed by atoms with E-state index in [1.54, 1.807) is 6.92 Å². The molecule has 4 N–H and O–H groups in total. The Morgan fingerprint density at radius 3 is 2.53 bits per heavy atom. The topological polar surface area (TPSA) is 101 Å². The largest absolute Gasteiger partial charge is 0.326 e. The molecule has 1 aliphatic carbocycles. The van der Waals surface area contributed by atoms with Crippen molar-refractivity contribution >= 4 is 10.0 Å². The number of nitrogens with one attached hydrogen (secondary N) is 2. The lowest BCUT2D eigenvalue weighted by atomic mass is 10.1. The van der Waals surface area contributed by atoms with Crippen LogP contribution < -0.4 is 10.5 Å². The minimum absolute atomic E-state index is 0.0233. The SMILES string of the molecule is Cc1[nH]nc(S(=O)(=O)NC2CCCCCC2)c1CN. The monoisotopic (exact) mass is 286 g/mol. The number of sulfonamides is 1. The van der Waals surface area contributed by atoms with E-state index in [2.05, 4.69) is 14.9 Å². The molecule has 0 spiro atoms. The molecule has 1 saturated carbocycles. The fourth-order valence-electron chi connectivity index (χ4n) is 2.57. The van der Waals surface area contributed by atoms with Crippen LogP contribution in [0, 0.1) is 6.92 Å². The highest BCUT2D eigenvalue weighted by Gasteiger charge is 2.26. The Kier molecular flexibility index (Phi) is 4.59. The van der Waals surface area contributed by atoms with Gasteiger partial charge >= 0.3 is 0 Å². The maximum absolute atomic E-state index is 12.4. The van der Waals surface area contributed by atoms with Crippen molar-refractivity contribution in [1.82, 2.24) is 14.9 Å². The Bertz CT molecular complexity index is 516. The molecule has 0 aliphatic heterocycles. The van der Waals surface area contributed by atoms with Gasteiger partial charge in [-0.05, 0) is 19.8 Å². The molecule has 1 aliphatic rings. The van der Waals surface area contributed by atoms with Crippen LogP contribution in [0.1, 0.15) is 49.8 Å². The van der Waals surface area contributed by atoms with Gasteiger partial charge in [0.05, 0.1) is 0 Å². The van der Waals surface area contributed by atoms with Gasteiger partial charge in [0.15, 0.2) is 5.03 Å². The van der Waals surface area contributed by atoms with Crippen molar-refractivity contribution in [3.05, 3.63) is 11.3 Å². The van der Waals surface area contributed by atoms with E-state index in [0.29, 0.717) is 11.3 Å². The molecule has 1 aromatic rings. The minimum Gasteiger partial charge on any atom is -0.326 e. The zero-order valence-electron chi connectivity index (χ0n) is 11.3. The number of aromatic nitrogens is 2. The Balaban J connectivity index is 2.17. The number of nitrogens with zero attached hydrogens (tertiary/aromatic N) is 1. The van der Waals surface area contributed by atoms with Crippen LogP contribution in [-0.2, 0) is 16.6 Å². The van der Waals surface area contributed by atoms with E-state index in [4.69, 9.17) is 5.73 Å². The minimum atomic E-state index is -3.57. The fraction of sp³-hybridized carbons (Fsp3) is 0.750. The van der Waals surface area contributed by atoms with Gasteiger partial charge in [0.1, 0.15) is 0 Å². The Morgan fingerprint density at radius 1 is 1.32 bits per heavy atom. The van der Waals surface area contributed by atoms with Gasteiger partial charge < -0.3 is 5.73 Å². The second-order valence-corrected chi connectivity index (χ2v) is 6.78. The Hall–Kier alpha value is -0.920. The summed E-state index contributed by atoms with van der Waals surface area (Å²) in [5.41, 5.74) is 6.88. The molecule has 19 heavy (non-hydrogen) atoms. The highest BCUT2D eigenvalue weighted by Crippen LogP contribution is 2.21. The first kappa shape index (κ1) is 14.5. The van der Waals surface area contributed by atoms with Crippen LogP contribution in [0.3, 0.4) is 0 Å². The molecule has 1 fully saturated rings. The molecule has 0 atom stereocenters. The Labute approximate surface area is 114 Å². The van der Waals surface area contributed by atoms with Crippen molar-refractivity contribution in [1.29, 1.82) is 0 Å². The van der Waals surface area contributed by atoms with E-state index < -0.39 is 10.0 Å². The van der Waals surface area contributed by atoms with Crippen LogP contribution >= 0.6 is 0 Å². The van der Waals surface area contributed by atoms with Crippen LogP contribution in [0.15, 0.2) is 5.03 Å². The zero-order chi connectivity index (χ0) is 13.9. The Morgan fingerprint density at radius 2 is 1.95 bits per heavy atom. The van der Waals surface area contributed by atoms with Gasteiger partial charge in [0.25, 0.3) is 10.0 Å². The zero-order valence-corrected chi connectivity index (χ0v) is 12.1. The van der Waals surface area contributed by atoms with Gasteiger partial charge in [0.2, 0.25) is 0 Å². The summed E-state index contributed by atoms with van der Waals surface area (Å²) in [6, 6.07) is 0.0233. The molecule has 0 bridgehead atoms. The van der Waals surface area contributed by atoms with Gasteiger partial charge in [-0.2, -0.15) is 5.10 Å². The molecule has 108 valence electrons. The lowest BCUT2D eigenvalue weighted by molar-refractivity contribution is 0.507. The molecule has 0 saturated heterocycles. The maximum Gasteiger partial charge on any atom is 0.260 e. The summed E-state index contributed by atoms with van der Waals surface area (Å²) < 4.78 is 27.5. The van der Waals surface area contributed by atoms with E-state index in [1.807, 2.05) is 0 Å². The van der Waals surface area contributed by atoms with Crippen molar-refractivity contribution < 1.29 is 8.42 Å². The molecule has 1 aromatic heterocycles. The summed E-state index contributed by atoms with van der Waals surface area (Å²) >= 11 is 0. The van der Waals surface area contributed by atoms with Gasteiger partial charge in [-0.25, -0.2) is 13.1 Å². The third kappa shape index (κ3) is 3.34. The molecule has 7 heteroatoms. The van der Waals surface area contributed by atoms with Crippen LogP contribution in [0.5, 0.6) is 0 Å². The molecular weight excluding hydrogens is 264 g/mol. The van der Waals surface area contributed by atoms with Crippen molar-refractivity contribution in [2.24, 2.45) is 5.73 Å². The van der Waals surface area contributed by atoms with E-state index in [9.17, 15) is 8.42 Å². The molecule has 0 amide bonds. The van der Waals surface area contributed by atoms with Crippen LogP contribution in [0.25, 0.3) is 0 Å². The van der Waals surface area contributed by atoms with E-state index in [1.165, 1.54) is 12.8 Å². The quantitative estimate of drug-likeness (QED) is 0.723. The number of aryl methyl sites for hydroxylation is 1. The lowest BCUT2D eigenvalue weighted by Gasteiger charge is -2.15. The molecular formula is C12H22N4O2S. The summed E-state index contributed by atoms with van der Waals surface area (Å²) in [5, 5.41) is 6.64. The van der Waals surface area contributed by atoms with E-state index >= 15 is 0 Å². The lowest BCUT2D eigenvalue weighted by Crippen LogP contribution is -2.35. The van der Waals surface area contributed by atoms with Crippen molar-refractivity contribution in [3.63, 3.8) is 0 Å². The molecule has 6 nitrogen and oxygen atoms in total. The number of H-pyrrole nitrogens is 1. The first-order valence-electron chi connectivity index (χ1n) is 6.81. The molecule has 2 rings (SSSR count). The summed E-state index contributed by atoms with van der Waals surface area (Å²) in [5.74, 6) is 0. The van der Waals surface area contributed by atoms with Crippen molar-refractivity contribution in [2.75, 3.05) is 0 Å². The first-order chi connectivity index (χ1) is 9.04. The van der Waals surface area contributed by atoms with Crippen LogP contribution in [0.2, 0.25) is 0 Å². The molecule has 0 aromatic carbocycles. The third-order valence-corrected chi connectivity index (χ3v) is 5.16. The normalized spacial score (nSPS) is 18.4. The maximum atomic E-state index is 12.4. The van der Waals surface area contributed by atoms with Gasteiger partial charge in [-0.15, -0.1) is 0 Å². The number of aromatic amines is 1. The number of hydrogen-bond acceptors (Lipinski definition) is 4. The van der Waals surface area contributed by atoms with Crippen molar-refractivity contribution in [3.8, 4) is 0 Å². The van der Waals surface area contributed by atoms with E-state index in [-0.39, 0.29) is 17.6 Å². The molecule has 1 heterocycles. The third-order valence-electron chi connectivity index (χ3n) is 3.67. The fourth-order valence-corrected chi connectivity index (χ4v) is 4.08. The predicted molar refractivity (Wildman–Crippen MR) is 73.0 cm³/mol. The van der Waals surface area contributed by atoms with Crippen molar-refractivity contribution in [2.45, 2.75) is 63.1 Å². The van der Waals surface area contributed by atoms with Gasteiger partial charge in [-0.1, -0.05) is 25.7 Å². The average molecular weight is 286 g/mol. The smallest absolute Gasteiger partial charge is 0.260 e. The van der Waals surface area contributed by atoms with Gasteiger partial charge in [0, 0.05) is 23.8 Å². The summed E-state index contributed by atoms with van der Waals surface area (Å²) in [7, 11) is -3.57.